The minimum absolute atomic E-state index is 0.123. The second-order valence-corrected chi connectivity index (χ2v) is 6.34. The molecule has 0 saturated carbocycles. The van der Waals surface area contributed by atoms with E-state index in [-0.39, 0.29) is 11.6 Å². The maximum absolute atomic E-state index is 13.0. The van der Waals surface area contributed by atoms with Crippen molar-refractivity contribution in [3.05, 3.63) is 90.0 Å². The van der Waals surface area contributed by atoms with E-state index < -0.39 is 0 Å². The lowest BCUT2D eigenvalue weighted by Gasteiger charge is -2.06. The van der Waals surface area contributed by atoms with E-state index in [1.165, 1.54) is 23.9 Å². The highest BCUT2D eigenvalue weighted by molar-refractivity contribution is 7.98. The van der Waals surface area contributed by atoms with E-state index in [1.54, 1.807) is 35.0 Å². The standard InChI is InChI=1S/C19H16FN3OS/c1-2-12-23-18(19(24)14-6-4-3-5-7-14)17(21-22-23)13-25-16-10-8-15(20)9-11-16/h2-11H,1,12-13H2. The molecule has 3 aromatic rings. The molecule has 0 saturated heterocycles. The summed E-state index contributed by atoms with van der Waals surface area (Å²) in [5.74, 6) is 0.0693. The summed E-state index contributed by atoms with van der Waals surface area (Å²) in [6, 6.07) is 15.3. The van der Waals surface area contributed by atoms with Gasteiger partial charge < -0.3 is 0 Å². The third kappa shape index (κ3) is 4.03. The Morgan fingerprint density at radius 2 is 1.88 bits per heavy atom. The van der Waals surface area contributed by atoms with Crippen LogP contribution in [0.4, 0.5) is 4.39 Å². The molecule has 1 heterocycles. The summed E-state index contributed by atoms with van der Waals surface area (Å²) in [5, 5.41) is 8.24. The number of thioether (sulfide) groups is 1. The normalized spacial score (nSPS) is 10.6. The van der Waals surface area contributed by atoms with Crippen LogP contribution in [-0.2, 0) is 12.3 Å². The first kappa shape index (κ1) is 17.1. The van der Waals surface area contributed by atoms with Crippen molar-refractivity contribution >= 4 is 17.5 Å². The zero-order valence-corrected chi connectivity index (χ0v) is 14.2. The fraction of sp³-hybridized carbons (Fsp3) is 0.105. The van der Waals surface area contributed by atoms with Crippen LogP contribution in [0.15, 0.2) is 72.1 Å². The molecule has 0 amide bonds. The molecule has 3 rings (SSSR count). The van der Waals surface area contributed by atoms with E-state index in [2.05, 4.69) is 16.9 Å². The Bertz CT molecular complexity index is 875. The first-order chi connectivity index (χ1) is 12.2. The number of aromatic nitrogens is 3. The number of hydrogen-bond donors (Lipinski definition) is 0. The second-order valence-electron chi connectivity index (χ2n) is 5.29. The van der Waals surface area contributed by atoms with Gasteiger partial charge in [-0.15, -0.1) is 23.4 Å². The molecule has 0 aliphatic rings. The van der Waals surface area contributed by atoms with Crippen LogP contribution in [0.1, 0.15) is 21.7 Å². The number of ketones is 1. The zero-order valence-electron chi connectivity index (χ0n) is 13.4. The summed E-state index contributed by atoms with van der Waals surface area (Å²) in [7, 11) is 0. The van der Waals surface area contributed by atoms with Crippen molar-refractivity contribution in [1.82, 2.24) is 15.0 Å². The number of carbonyl (C=O) groups is 1. The predicted molar refractivity (Wildman–Crippen MR) is 96.1 cm³/mol. The van der Waals surface area contributed by atoms with Gasteiger partial charge in [-0.05, 0) is 24.3 Å². The van der Waals surface area contributed by atoms with E-state index in [0.29, 0.717) is 29.2 Å². The van der Waals surface area contributed by atoms with Crippen molar-refractivity contribution in [3.8, 4) is 0 Å². The summed E-state index contributed by atoms with van der Waals surface area (Å²) >= 11 is 1.48. The molecule has 0 bridgehead atoms. The van der Waals surface area contributed by atoms with Gasteiger partial charge in [-0.25, -0.2) is 9.07 Å². The molecule has 0 fully saturated rings. The van der Waals surface area contributed by atoms with Gasteiger partial charge in [0.25, 0.3) is 0 Å². The third-order valence-corrected chi connectivity index (χ3v) is 4.57. The molecule has 0 unspecified atom stereocenters. The molecule has 4 nitrogen and oxygen atoms in total. The van der Waals surface area contributed by atoms with Crippen molar-refractivity contribution in [2.75, 3.05) is 0 Å². The van der Waals surface area contributed by atoms with Gasteiger partial charge in [0.15, 0.2) is 0 Å². The highest BCUT2D eigenvalue weighted by Gasteiger charge is 2.21. The lowest BCUT2D eigenvalue weighted by atomic mass is 10.1. The number of rotatable bonds is 7. The van der Waals surface area contributed by atoms with Gasteiger partial charge in [0, 0.05) is 16.2 Å². The van der Waals surface area contributed by atoms with Crippen LogP contribution in [0, 0.1) is 5.82 Å². The van der Waals surface area contributed by atoms with Crippen LogP contribution >= 0.6 is 11.8 Å². The molecule has 0 atom stereocenters. The van der Waals surface area contributed by atoms with E-state index in [4.69, 9.17) is 0 Å². The first-order valence-corrected chi connectivity index (χ1v) is 8.69. The van der Waals surface area contributed by atoms with Gasteiger partial charge in [-0.3, -0.25) is 4.79 Å². The third-order valence-electron chi connectivity index (χ3n) is 3.55. The van der Waals surface area contributed by atoms with E-state index in [0.717, 1.165) is 4.90 Å². The number of hydrogen-bond acceptors (Lipinski definition) is 4. The first-order valence-electron chi connectivity index (χ1n) is 7.70. The van der Waals surface area contributed by atoms with Crippen LogP contribution in [0.25, 0.3) is 0 Å². The minimum atomic E-state index is -0.277. The van der Waals surface area contributed by atoms with Gasteiger partial charge in [-0.2, -0.15) is 0 Å². The molecule has 0 spiro atoms. The van der Waals surface area contributed by atoms with Crippen molar-refractivity contribution in [2.24, 2.45) is 0 Å². The average Bonchev–Trinajstić information content (AvgIpc) is 3.04. The number of benzene rings is 2. The monoisotopic (exact) mass is 353 g/mol. The Morgan fingerprint density at radius 1 is 1.16 bits per heavy atom. The fourth-order valence-electron chi connectivity index (χ4n) is 2.35. The Balaban J connectivity index is 1.87. The van der Waals surface area contributed by atoms with Crippen LogP contribution in [-0.4, -0.2) is 20.8 Å². The highest BCUT2D eigenvalue weighted by Crippen LogP contribution is 2.24. The van der Waals surface area contributed by atoms with Gasteiger partial charge >= 0.3 is 0 Å². The highest BCUT2D eigenvalue weighted by atomic mass is 32.2. The summed E-state index contributed by atoms with van der Waals surface area (Å²) < 4.78 is 14.6. The average molecular weight is 353 g/mol. The minimum Gasteiger partial charge on any atom is -0.287 e. The van der Waals surface area contributed by atoms with Crippen molar-refractivity contribution < 1.29 is 9.18 Å². The second kappa shape index (κ2) is 7.90. The van der Waals surface area contributed by atoms with Crippen molar-refractivity contribution in [3.63, 3.8) is 0 Å². The molecule has 6 heteroatoms. The summed E-state index contributed by atoms with van der Waals surface area (Å²) in [6.45, 7) is 4.10. The molecule has 25 heavy (non-hydrogen) atoms. The molecule has 0 aliphatic carbocycles. The largest absolute Gasteiger partial charge is 0.287 e. The molecule has 2 aromatic carbocycles. The topological polar surface area (TPSA) is 47.8 Å². The van der Waals surface area contributed by atoms with Crippen molar-refractivity contribution in [1.29, 1.82) is 0 Å². The Morgan fingerprint density at radius 3 is 2.56 bits per heavy atom. The Hall–Kier alpha value is -2.73. The molecule has 0 N–H and O–H groups in total. The van der Waals surface area contributed by atoms with Crippen LogP contribution in [0.5, 0.6) is 0 Å². The lowest BCUT2D eigenvalue weighted by Crippen LogP contribution is -2.12. The van der Waals surface area contributed by atoms with Gasteiger partial charge in [-0.1, -0.05) is 41.6 Å². The molecular weight excluding hydrogens is 337 g/mol. The van der Waals surface area contributed by atoms with Crippen molar-refractivity contribution in [2.45, 2.75) is 17.2 Å². The SMILES string of the molecule is C=CCn1nnc(CSc2ccc(F)cc2)c1C(=O)c1ccccc1. The maximum atomic E-state index is 13.0. The van der Waals surface area contributed by atoms with Crippen LogP contribution in [0.2, 0.25) is 0 Å². The predicted octanol–water partition coefficient (Wildman–Crippen LogP) is 4.13. The Labute approximate surface area is 149 Å². The van der Waals surface area contributed by atoms with E-state index in [9.17, 15) is 9.18 Å². The summed E-state index contributed by atoms with van der Waals surface area (Å²) in [4.78, 5) is 13.8. The number of allylic oxidation sites excluding steroid dienone is 1. The van der Waals surface area contributed by atoms with Gasteiger partial charge in [0.05, 0.1) is 6.54 Å². The number of halogens is 1. The molecule has 1 aromatic heterocycles. The van der Waals surface area contributed by atoms with Crippen LogP contribution < -0.4 is 0 Å². The molecular formula is C19H16FN3OS. The fourth-order valence-corrected chi connectivity index (χ4v) is 3.18. The van der Waals surface area contributed by atoms with E-state index >= 15 is 0 Å². The smallest absolute Gasteiger partial charge is 0.213 e. The quantitative estimate of drug-likeness (QED) is 0.364. The number of nitrogens with zero attached hydrogens (tertiary/aromatic N) is 3. The maximum Gasteiger partial charge on any atom is 0.213 e. The lowest BCUT2D eigenvalue weighted by molar-refractivity contribution is 0.102. The Kier molecular flexibility index (Phi) is 5.40. The summed E-state index contributed by atoms with van der Waals surface area (Å²) in [6.07, 6.45) is 1.67. The number of carbonyl (C=O) groups excluding carboxylic acids is 1. The zero-order chi connectivity index (χ0) is 17.6. The molecule has 0 radical (unpaired) electrons. The summed E-state index contributed by atoms with van der Waals surface area (Å²) in [5.41, 5.74) is 1.65. The molecule has 0 aliphatic heterocycles. The van der Waals surface area contributed by atoms with Gasteiger partial charge in [0.1, 0.15) is 17.2 Å². The van der Waals surface area contributed by atoms with Gasteiger partial charge in [0.2, 0.25) is 5.78 Å². The van der Waals surface area contributed by atoms with Crippen LogP contribution in [0.3, 0.4) is 0 Å². The van der Waals surface area contributed by atoms with E-state index in [1.807, 2.05) is 18.2 Å². The molecule has 126 valence electrons.